The monoisotopic (exact) mass is 348 g/mol. The Morgan fingerprint density at radius 3 is 2.56 bits per heavy atom. The highest BCUT2D eigenvalue weighted by atomic mass is 16.5. The molecule has 142 valence electrons. The largest absolute Gasteiger partial charge is 0.378 e. The minimum Gasteiger partial charge on any atom is -0.378 e. The van der Waals surface area contributed by atoms with Crippen LogP contribution in [0.2, 0.25) is 0 Å². The Labute approximate surface area is 153 Å². The van der Waals surface area contributed by atoms with Gasteiger partial charge in [0.25, 0.3) is 0 Å². The second-order valence-corrected chi connectivity index (χ2v) is 6.80. The van der Waals surface area contributed by atoms with E-state index >= 15 is 0 Å². The molecule has 1 aliphatic carbocycles. The van der Waals surface area contributed by atoms with Gasteiger partial charge < -0.3 is 19.9 Å². The van der Waals surface area contributed by atoms with Crippen molar-refractivity contribution < 1.29 is 4.74 Å². The molecule has 5 heteroatoms. The van der Waals surface area contributed by atoms with Crippen LogP contribution in [0.1, 0.15) is 58.3 Å². The van der Waals surface area contributed by atoms with E-state index in [1.165, 1.54) is 38.5 Å². The van der Waals surface area contributed by atoms with Crippen molar-refractivity contribution in [3.63, 3.8) is 0 Å². The van der Waals surface area contributed by atoms with Crippen molar-refractivity contribution >= 4 is 5.96 Å². The first-order chi connectivity index (χ1) is 12.4. The van der Waals surface area contributed by atoms with Crippen LogP contribution < -0.4 is 10.6 Å². The second kappa shape index (κ2) is 12.8. The number of aliphatic imine (C=N–C) groups is 1. The summed E-state index contributed by atoms with van der Waals surface area (Å²) in [5.74, 6) is 0.916. The quantitative estimate of drug-likeness (QED) is 0.294. The van der Waals surface area contributed by atoms with E-state index in [2.05, 4.69) is 51.6 Å². The van der Waals surface area contributed by atoms with Gasteiger partial charge in [0.15, 0.2) is 5.96 Å². The number of nitrogens with one attached hydrogen (secondary N) is 2. The SMILES string of the molecule is CCNC(=NCCCCOC1CCCCCC1)NCCn1cccc1. The van der Waals surface area contributed by atoms with Crippen LogP contribution in [0.15, 0.2) is 29.5 Å². The third-order valence-corrected chi connectivity index (χ3v) is 4.65. The number of unbranched alkanes of at least 4 members (excludes halogenated alkanes) is 1. The highest BCUT2D eigenvalue weighted by Gasteiger charge is 2.11. The summed E-state index contributed by atoms with van der Waals surface area (Å²) in [5.41, 5.74) is 0. The van der Waals surface area contributed by atoms with Gasteiger partial charge in [0, 0.05) is 45.2 Å². The fourth-order valence-corrected chi connectivity index (χ4v) is 3.23. The zero-order valence-corrected chi connectivity index (χ0v) is 15.9. The molecule has 0 unspecified atom stereocenters. The van der Waals surface area contributed by atoms with E-state index in [4.69, 9.17) is 4.74 Å². The summed E-state index contributed by atoms with van der Waals surface area (Å²) in [7, 11) is 0. The van der Waals surface area contributed by atoms with E-state index in [1.807, 2.05) is 0 Å². The van der Waals surface area contributed by atoms with Crippen molar-refractivity contribution in [2.24, 2.45) is 4.99 Å². The summed E-state index contributed by atoms with van der Waals surface area (Å²) in [5, 5.41) is 6.71. The Balaban J connectivity index is 1.55. The minimum atomic E-state index is 0.513. The Morgan fingerprint density at radius 2 is 1.84 bits per heavy atom. The van der Waals surface area contributed by atoms with Crippen LogP contribution in [-0.2, 0) is 11.3 Å². The number of nitrogens with zero attached hydrogens (tertiary/aromatic N) is 2. The van der Waals surface area contributed by atoms with Crippen molar-refractivity contribution in [3.05, 3.63) is 24.5 Å². The van der Waals surface area contributed by atoms with Crippen LogP contribution in [0.25, 0.3) is 0 Å². The number of hydrogen-bond donors (Lipinski definition) is 2. The van der Waals surface area contributed by atoms with Gasteiger partial charge >= 0.3 is 0 Å². The van der Waals surface area contributed by atoms with E-state index in [9.17, 15) is 0 Å². The summed E-state index contributed by atoms with van der Waals surface area (Å²) in [6.45, 7) is 6.56. The molecular weight excluding hydrogens is 312 g/mol. The molecular formula is C20H36N4O. The van der Waals surface area contributed by atoms with E-state index in [0.717, 1.165) is 51.6 Å². The standard InChI is InChI=1S/C20H36N4O/c1-2-21-20(23-14-17-24-15-8-9-16-24)22-13-7-10-18-25-19-11-5-3-4-6-12-19/h8-9,15-16,19H,2-7,10-14,17-18H2,1H3,(H2,21,22,23). The molecule has 0 radical (unpaired) electrons. The summed E-state index contributed by atoms with van der Waals surface area (Å²) in [6, 6.07) is 4.10. The lowest BCUT2D eigenvalue weighted by Gasteiger charge is -2.15. The molecule has 0 spiro atoms. The average molecular weight is 349 g/mol. The summed E-state index contributed by atoms with van der Waals surface area (Å²) in [6.07, 6.45) is 14.8. The predicted molar refractivity (Wildman–Crippen MR) is 105 cm³/mol. The maximum atomic E-state index is 6.04. The molecule has 1 aliphatic rings. The number of ether oxygens (including phenoxy) is 1. The normalized spacial score (nSPS) is 16.6. The molecule has 1 saturated carbocycles. The Hall–Kier alpha value is -1.49. The molecule has 0 saturated heterocycles. The van der Waals surface area contributed by atoms with Gasteiger partial charge in [0.2, 0.25) is 0 Å². The van der Waals surface area contributed by atoms with Gasteiger partial charge in [-0.2, -0.15) is 0 Å². The maximum absolute atomic E-state index is 6.04. The van der Waals surface area contributed by atoms with Gasteiger partial charge in [-0.25, -0.2) is 0 Å². The summed E-state index contributed by atoms with van der Waals surface area (Å²) >= 11 is 0. The zero-order chi connectivity index (χ0) is 17.6. The van der Waals surface area contributed by atoms with Gasteiger partial charge in [0.05, 0.1) is 6.10 Å². The number of rotatable bonds is 10. The first kappa shape index (κ1) is 19.8. The van der Waals surface area contributed by atoms with E-state index < -0.39 is 0 Å². The van der Waals surface area contributed by atoms with Crippen LogP contribution in [-0.4, -0.2) is 42.9 Å². The smallest absolute Gasteiger partial charge is 0.191 e. The molecule has 1 fully saturated rings. The molecule has 0 atom stereocenters. The minimum absolute atomic E-state index is 0.513. The highest BCUT2D eigenvalue weighted by molar-refractivity contribution is 5.79. The van der Waals surface area contributed by atoms with Gasteiger partial charge in [-0.1, -0.05) is 25.7 Å². The fraction of sp³-hybridized carbons (Fsp3) is 0.750. The molecule has 2 N–H and O–H groups in total. The van der Waals surface area contributed by atoms with Crippen LogP contribution >= 0.6 is 0 Å². The van der Waals surface area contributed by atoms with Crippen molar-refractivity contribution in [1.29, 1.82) is 0 Å². The van der Waals surface area contributed by atoms with Crippen molar-refractivity contribution in [3.8, 4) is 0 Å². The number of aromatic nitrogens is 1. The van der Waals surface area contributed by atoms with E-state index in [1.54, 1.807) is 0 Å². The third kappa shape index (κ3) is 8.96. The highest BCUT2D eigenvalue weighted by Crippen LogP contribution is 2.19. The summed E-state index contributed by atoms with van der Waals surface area (Å²) in [4.78, 5) is 4.66. The Kier molecular flexibility index (Phi) is 10.2. The molecule has 1 aromatic heterocycles. The molecule has 5 nitrogen and oxygen atoms in total. The van der Waals surface area contributed by atoms with Gasteiger partial charge in [0.1, 0.15) is 0 Å². The number of hydrogen-bond acceptors (Lipinski definition) is 2. The molecule has 2 rings (SSSR count). The third-order valence-electron chi connectivity index (χ3n) is 4.65. The molecule has 1 aromatic rings. The molecule has 25 heavy (non-hydrogen) atoms. The van der Waals surface area contributed by atoms with Gasteiger partial charge in [-0.15, -0.1) is 0 Å². The van der Waals surface area contributed by atoms with Crippen molar-refractivity contribution in [2.75, 3.05) is 26.2 Å². The second-order valence-electron chi connectivity index (χ2n) is 6.80. The van der Waals surface area contributed by atoms with Crippen LogP contribution in [0.5, 0.6) is 0 Å². The van der Waals surface area contributed by atoms with Crippen LogP contribution in [0.4, 0.5) is 0 Å². The lowest BCUT2D eigenvalue weighted by Crippen LogP contribution is -2.38. The first-order valence-electron chi connectivity index (χ1n) is 10.1. The van der Waals surface area contributed by atoms with Crippen LogP contribution in [0, 0.1) is 0 Å². The zero-order valence-electron chi connectivity index (χ0n) is 15.9. The fourth-order valence-electron chi connectivity index (χ4n) is 3.23. The first-order valence-corrected chi connectivity index (χ1v) is 10.1. The maximum Gasteiger partial charge on any atom is 0.191 e. The van der Waals surface area contributed by atoms with Gasteiger partial charge in [-0.05, 0) is 44.7 Å². The van der Waals surface area contributed by atoms with Gasteiger partial charge in [-0.3, -0.25) is 4.99 Å². The number of guanidine groups is 1. The summed E-state index contributed by atoms with van der Waals surface area (Å²) < 4.78 is 8.21. The molecule has 1 heterocycles. The lowest BCUT2D eigenvalue weighted by molar-refractivity contribution is 0.0413. The molecule has 0 aliphatic heterocycles. The van der Waals surface area contributed by atoms with Crippen molar-refractivity contribution in [1.82, 2.24) is 15.2 Å². The lowest BCUT2D eigenvalue weighted by atomic mass is 10.1. The molecule has 0 amide bonds. The van der Waals surface area contributed by atoms with Crippen LogP contribution in [0.3, 0.4) is 0 Å². The Morgan fingerprint density at radius 1 is 1.08 bits per heavy atom. The average Bonchev–Trinajstić information content (AvgIpc) is 3.00. The van der Waals surface area contributed by atoms with Crippen molar-refractivity contribution in [2.45, 2.75) is 70.9 Å². The predicted octanol–water partition coefficient (Wildman–Crippen LogP) is 3.56. The molecule has 0 bridgehead atoms. The molecule has 0 aromatic carbocycles. The van der Waals surface area contributed by atoms with E-state index in [-0.39, 0.29) is 0 Å². The topological polar surface area (TPSA) is 50.6 Å². The Bertz CT molecular complexity index is 450. The van der Waals surface area contributed by atoms with E-state index in [0.29, 0.717) is 6.10 Å².